The number of thiol groups is 1. The Bertz CT molecular complexity index is 4400. The molecule has 0 radical (unpaired) electrons. The number of fused-ring (bicyclic) bond motifs is 10. The fourth-order valence-corrected chi connectivity index (χ4v) is 20.0. The Morgan fingerprint density at radius 3 is 1.06 bits per heavy atom. The van der Waals surface area contributed by atoms with Crippen molar-refractivity contribution < 1.29 is 92.0 Å². The number of imidazole rings is 4. The molecule has 556 valence electrons. The van der Waals surface area contributed by atoms with Gasteiger partial charge in [0.05, 0.1) is 51.7 Å². The van der Waals surface area contributed by atoms with Gasteiger partial charge in [0.2, 0.25) is 0 Å². The lowest BCUT2D eigenvalue weighted by Gasteiger charge is -2.40. The van der Waals surface area contributed by atoms with E-state index in [0.29, 0.717) is 22.3 Å². The largest absolute Gasteiger partial charge is 0.408 e. The van der Waals surface area contributed by atoms with Gasteiger partial charge >= 0.3 is 27.0 Å². The molecule has 6 saturated heterocycles. The first-order valence-electron chi connectivity index (χ1n) is 31.3. The van der Waals surface area contributed by atoms with E-state index in [4.69, 9.17) is 122 Å². The van der Waals surface area contributed by atoms with Crippen molar-refractivity contribution in [2.75, 3.05) is 49.4 Å². The monoisotopic (exact) mass is 1610 g/mol. The maximum Gasteiger partial charge on any atom is 0.386 e. The quantitative estimate of drug-likeness (QED) is 0.0489. The molecule has 4 bridgehead atoms. The number of alkyl halides is 2. The molecule has 102 heavy (non-hydrogen) atoms. The second kappa shape index (κ2) is 28.0. The molecule has 0 aliphatic carbocycles. The Hall–Kier alpha value is -4.46. The van der Waals surface area contributed by atoms with Gasteiger partial charge in [0.1, 0.15) is 108 Å². The molecule has 0 aromatic carbocycles. The number of rotatable bonds is 8. The van der Waals surface area contributed by atoms with Gasteiger partial charge in [0, 0.05) is 0 Å². The van der Waals surface area contributed by atoms with Gasteiger partial charge in [0.25, 0.3) is 0 Å². The van der Waals surface area contributed by atoms with Crippen molar-refractivity contribution in [3.8, 4) is 0 Å². The summed E-state index contributed by atoms with van der Waals surface area (Å²) in [5.41, 5.74) is 26.0. The molecule has 0 saturated carbocycles. The Kier molecular flexibility index (Phi) is 20.8. The van der Waals surface area contributed by atoms with Crippen LogP contribution in [0.3, 0.4) is 0 Å². The molecular formula is C52H74F2N20O18P4S4Si2. The Morgan fingerprint density at radius 2 is 0.735 bits per heavy atom. The van der Waals surface area contributed by atoms with E-state index in [0.717, 1.165) is 0 Å². The van der Waals surface area contributed by atoms with Gasteiger partial charge in [-0.1, -0.05) is 53.8 Å². The standard InChI is InChI=1S/2C26H37FN10O9P2S2Si/c2*1-26(2,3)51(4,5)46-18-13-7-41-47(38,49)44-17-12(42-24(14(17)27)36-10-34-15-20(28)30-8-32-22(15)36)6-40-48(39,50)45-19(18)25(43-13)37-11-35-16-21(29)31-9-33-23(16)37/h2*8-14,17-19,24-25H,6-7H2,1-5H3,(H,38,49)(H,39,50)(H2,28,30,32)(H2,29,31,33)/t2*12-,13-,14-,17-,18-,19-,24-,25-,47?,48?/m11/s1. The summed E-state index contributed by atoms with van der Waals surface area (Å²) in [6.45, 7) is 1.41. The third-order valence-electron chi connectivity index (χ3n) is 18.9. The van der Waals surface area contributed by atoms with Crippen LogP contribution in [-0.2, 0) is 104 Å². The van der Waals surface area contributed by atoms with E-state index in [1.165, 1.54) is 64.3 Å². The molecule has 8 aromatic rings. The van der Waals surface area contributed by atoms with E-state index < -0.39 is 162 Å². The molecule has 6 fully saturated rings. The highest BCUT2D eigenvalue weighted by Crippen LogP contribution is 2.61. The molecule has 0 amide bonds. The first-order valence-corrected chi connectivity index (χ1v) is 47.6. The fourth-order valence-electron chi connectivity index (χ4n) is 11.7. The zero-order valence-corrected chi connectivity index (χ0v) is 64.8. The van der Waals surface area contributed by atoms with E-state index in [2.05, 4.69) is 72.1 Å². The predicted molar refractivity (Wildman–Crippen MR) is 378 cm³/mol. The molecule has 6 aliphatic heterocycles. The van der Waals surface area contributed by atoms with Gasteiger partial charge in [-0.3, -0.25) is 40.9 Å². The topological polar surface area (TPSA) is 485 Å². The SMILES string of the molecule is CC(C)(C)[Si](C)(C)O[C@H]1[C@H]2OP(=O)(S)OC[C@H]3O[C@@H](n4cnc5c(N)ncnc54)[C@H](F)[C@@H]3OP(O)(=S)OC[C@H]1O[C@H]2n1cnc2c(N)ncnc21.CC(C)(C)[Si](C)(C)O[C@H]1[C@H]2OP(O)(=S)OC[C@H]3O[C@@H](n4cnc5c(N)ncnc54)[C@H](F)[C@@H]3OP(O)(=S)OC[C@H]1O[C@H]2n1cnc2c(N)ncnc21. The molecule has 50 heteroatoms. The Morgan fingerprint density at radius 1 is 0.461 bits per heavy atom. The summed E-state index contributed by atoms with van der Waals surface area (Å²) in [4.78, 5) is 84.1. The van der Waals surface area contributed by atoms with Crippen LogP contribution < -0.4 is 22.9 Å². The molecule has 14 rings (SSSR count). The molecule has 8 aromatic heterocycles. The van der Waals surface area contributed by atoms with E-state index >= 15 is 8.78 Å². The van der Waals surface area contributed by atoms with Crippen molar-refractivity contribution in [2.24, 2.45) is 0 Å². The van der Waals surface area contributed by atoms with Gasteiger partial charge in [-0.2, -0.15) is 0 Å². The first kappa shape index (κ1) is 75.8. The normalized spacial score (nSPS) is 35.4. The molecule has 6 aliphatic rings. The summed E-state index contributed by atoms with van der Waals surface area (Å²) in [5, 5.41) is -0.568. The third-order valence-corrected chi connectivity index (χ3v) is 34.1. The summed E-state index contributed by atoms with van der Waals surface area (Å²) in [6, 6.07) is 0. The van der Waals surface area contributed by atoms with Crippen LogP contribution in [0.15, 0.2) is 50.6 Å². The number of nitrogen functional groups attached to an aromatic ring is 4. The minimum atomic E-state index is -4.35. The van der Waals surface area contributed by atoms with E-state index in [-0.39, 0.29) is 62.3 Å². The summed E-state index contributed by atoms with van der Waals surface area (Å²) in [5.74, 6) is 0.417. The lowest BCUT2D eigenvalue weighted by Crippen LogP contribution is -2.50. The molecule has 38 nitrogen and oxygen atoms in total. The maximum absolute atomic E-state index is 16.3. The Balaban J connectivity index is 0.000000182. The van der Waals surface area contributed by atoms with Crippen molar-refractivity contribution in [1.82, 2.24) is 78.1 Å². The van der Waals surface area contributed by atoms with Crippen LogP contribution in [0.1, 0.15) is 66.5 Å². The average Bonchev–Trinajstić information content (AvgIpc) is 1.59. The van der Waals surface area contributed by atoms with Gasteiger partial charge in [-0.25, -0.2) is 73.2 Å². The smallest absolute Gasteiger partial charge is 0.386 e. The number of halogens is 2. The second-order valence-electron chi connectivity index (χ2n) is 27.5. The van der Waals surface area contributed by atoms with Crippen LogP contribution in [-0.4, -0.2) is 209 Å². The first-order chi connectivity index (χ1) is 47.7. The second-order valence-corrected chi connectivity index (χ2v) is 48.3. The zero-order chi connectivity index (χ0) is 73.3. The Labute approximate surface area is 601 Å². The van der Waals surface area contributed by atoms with Crippen LogP contribution in [0.5, 0.6) is 0 Å². The van der Waals surface area contributed by atoms with Crippen LogP contribution in [0.25, 0.3) is 44.7 Å². The van der Waals surface area contributed by atoms with Gasteiger partial charge in [-0.15, -0.1) is 0 Å². The average molecular weight is 1610 g/mol. The van der Waals surface area contributed by atoms with E-state index in [9.17, 15) is 19.2 Å². The van der Waals surface area contributed by atoms with Crippen molar-refractivity contribution in [3.05, 3.63) is 50.6 Å². The molecule has 0 spiro atoms. The molecular weight excluding hydrogens is 1540 g/mol. The fraction of sp³-hybridized carbons (Fsp3) is 0.615. The van der Waals surface area contributed by atoms with Crippen molar-refractivity contribution >= 4 is 159 Å². The predicted octanol–water partition coefficient (Wildman–Crippen LogP) is 6.03. The van der Waals surface area contributed by atoms with E-state index in [1.54, 1.807) is 4.57 Å². The summed E-state index contributed by atoms with van der Waals surface area (Å²) in [6.07, 6.45) is -10.5. The van der Waals surface area contributed by atoms with Crippen molar-refractivity contribution in [1.29, 1.82) is 0 Å². The van der Waals surface area contributed by atoms with Gasteiger partial charge in [0.15, 0.2) is 99.7 Å². The molecule has 4 unspecified atom stereocenters. The number of nitrogens with two attached hydrogens (primary N) is 4. The number of hydrogen-bond donors (Lipinski definition) is 8. The number of anilines is 4. The third kappa shape index (κ3) is 14.9. The summed E-state index contributed by atoms with van der Waals surface area (Å²) >= 11 is 20.6. The minimum absolute atomic E-state index is 0.0762. The van der Waals surface area contributed by atoms with Crippen LogP contribution in [0.4, 0.5) is 32.1 Å². The highest BCUT2D eigenvalue weighted by molar-refractivity contribution is 8.44. The molecule has 20 atom stereocenters. The van der Waals surface area contributed by atoms with Gasteiger partial charge in [-0.05, 0) is 71.7 Å². The lowest BCUT2D eigenvalue weighted by atomic mass is 10.1. The number of aromatic nitrogens is 16. The number of hydrogen-bond acceptors (Lipinski definition) is 34. The van der Waals surface area contributed by atoms with Crippen molar-refractivity contribution in [3.63, 3.8) is 0 Å². The molecule has 11 N–H and O–H groups in total. The highest BCUT2D eigenvalue weighted by atomic mass is 32.7. The summed E-state index contributed by atoms with van der Waals surface area (Å²) in [7, 11) is -5.24. The number of ether oxygens (including phenoxy) is 4. The minimum Gasteiger partial charge on any atom is -0.408 e. The van der Waals surface area contributed by atoms with E-state index in [1.807, 2.05) is 67.7 Å². The van der Waals surface area contributed by atoms with Crippen molar-refractivity contribution in [2.45, 2.75) is 176 Å². The van der Waals surface area contributed by atoms with Gasteiger partial charge < -0.3 is 79.0 Å². The number of nitrogens with zero attached hydrogens (tertiary/aromatic N) is 16. The highest BCUT2D eigenvalue weighted by Gasteiger charge is 2.59. The summed E-state index contributed by atoms with van der Waals surface area (Å²) < 4.78 is 138. The maximum atomic E-state index is 16.3. The zero-order valence-electron chi connectivity index (χ0n) is 55.8. The van der Waals surface area contributed by atoms with Crippen LogP contribution in [0.2, 0.25) is 36.3 Å². The van der Waals surface area contributed by atoms with Crippen LogP contribution in [0, 0.1) is 0 Å². The molecule has 14 heterocycles. The lowest BCUT2D eigenvalue weighted by molar-refractivity contribution is -0.0601. The van der Waals surface area contributed by atoms with Crippen LogP contribution >= 0.6 is 39.2 Å².